The van der Waals surface area contributed by atoms with Crippen molar-refractivity contribution in [3.05, 3.63) is 59.7 Å². The quantitative estimate of drug-likeness (QED) is 0.161. The van der Waals surface area contributed by atoms with Crippen molar-refractivity contribution in [2.24, 2.45) is 0 Å². The first kappa shape index (κ1) is 26.7. The van der Waals surface area contributed by atoms with E-state index in [1.54, 1.807) is 31.4 Å². The second-order valence-electron chi connectivity index (χ2n) is 7.20. The molecule has 0 unspecified atom stereocenters. The van der Waals surface area contributed by atoms with Crippen molar-refractivity contribution in [3.8, 4) is 23.3 Å². The number of aromatic nitrogens is 2. The van der Waals surface area contributed by atoms with Crippen molar-refractivity contribution in [2.45, 2.75) is 17.7 Å². The van der Waals surface area contributed by atoms with E-state index in [1.165, 1.54) is 13.0 Å². The van der Waals surface area contributed by atoms with Crippen LogP contribution in [0.25, 0.3) is 6.08 Å². The van der Waals surface area contributed by atoms with Crippen molar-refractivity contribution < 1.29 is 27.4 Å². The molecule has 12 heteroatoms. The van der Waals surface area contributed by atoms with Gasteiger partial charge in [0.2, 0.25) is 19.3 Å². The van der Waals surface area contributed by atoms with E-state index >= 15 is 0 Å². The highest BCUT2D eigenvalue weighted by Gasteiger charge is 2.19. The number of nitrogens with one attached hydrogen (secondary N) is 1. The van der Waals surface area contributed by atoms with Gasteiger partial charge in [0.05, 0.1) is 26.1 Å². The molecule has 0 saturated carbocycles. The van der Waals surface area contributed by atoms with E-state index < -0.39 is 15.7 Å². The molecule has 10 nitrogen and oxygen atoms in total. The molecular formula is C24H24N4O6S2. The number of carbonyl (C=O) groups excluding carboxylic acids is 1. The first-order valence-corrected chi connectivity index (χ1v) is 13.3. The van der Waals surface area contributed by atoms with Crippen LogP contribution in [0.15, 0.2) is 58.4 Å². The van der Waals surface area contributed by atoms with E-state index in [2.05, 4.69) is 15.5 Å². The second-order valence-corrected chi connectivity index (χ2v) is 10.6. The van der Waals surface area contributed by atoms with Gasteiger partial charge in [-0.2, -0.15) is 5.26 Å². The number of methoxy groups -OCH3 is 1. The van der Waals surface area contributed by atoms with E-state index in [9.17, 15) is 18.5 Å². The van der Waals surface area contributed by atoms with Gasteiger partial charge >= 0.3 is 0 Å². The van der Waals surface area contributed by atoms with E-state index in [0.717, 1.165) is 22.8 Å². The van der Waals surface area contributed by atoms with Crippen LogP contribution in [0, 0.1) is 11.3 Å². The third kappa shape index (κ3) is 7.53. The molecule has 1 heterocycles. The summed E-state index contributed by atoms with van der Waals surface area (Å²) in [6, 6.07) is 16.1. The molecule has 0 spiro atoms. The number of carbonyl (C=O) groups is 1. The van der Waals surface area contributed by atoms with Crippen molar-refractivity contribution >= 4 is 38.3 Å². The molecule has 3 rings (SSSR count). The molecular weight excluding hydrogens is 504 g/mol. The molecule has 0 aliphatic rings. The van der Waals surface area contributed by atoms with Crippen LogP contribution in [0.3, 0.4) is 0 Å². The summed E-state index contributed by atoms with van der Waals surface area (Å²) in [5.41, 5.74) is 0.442. The van der Waals surface area contributed by atoms with Crippen LogP contribution in [0.4, 0.5) is 5.13 Å². The monoisotopic (exact) mass is 528 g/mol. The molecule has 3 aromatic rings. The number of ether oxygens (including phenoxy) is 3. The lowest BCUT2D eigenvalue weighted by Gasteiger charge is -2.09. The van der Waals surface area contributed by atoms with Gasteiger partial charge in [-0.05, 0) is 48.0 Å². The van der Waals surface area contributed by atoms with Gasteiger partial charge < -0.3 is 14.2 Å². The highest BCUT2D eigenvalue weighted by Crippen LogP contribution is 2.22. The summed E-state index contributed by atoms with van der Waals surface area (Å²) in [5, 5.41) is 19.0. The summed E-state index contributed by atoms with van der Waals surface area (Å²) in [6.07, 6.45) is 2.09. The van der Waals surface area contributed by atoms with Crippen molar-refractivity contribution in [1.29, 1.82) is 5.26 Å². The maximum Gasteiger partial charge on any atom is 0.268 e. The number of hydrogen-bond acceptors (Lipinski definition) is 10. The minimum Gasteiger partial charge on any atom is -0.497 e. The van der Waals surface area contributed by atoms with Crippen LogP contribution in [0.2, 0.25) is 0 Å². The normalized spacial score (nSPS) is 11.4. The molecule has 36 heavy (non-hydrogen) atoms. The summed E-state index contributed by atoms with van der Waals surface area (Å²) in [6.45, 7) is 2.43. The van der Waals surface area contributed by atoms with Gasteiger partial charge in [0, 0.05) is 6.42 Å². The zero-order valence-corrected chi connectivity index (χ0v) is 21.3. The van der Waals surface area contributed by atoms with Crippen molar-refractivity contribution in [1.82, 2.24) is 10.2 Å². The molecule has 1 amide bonds. The summed E-state index contributed by atoms with van der Waals surface area (Å²) >= 11 is 0.731. The first-order valence-electron chi connectivity index (χ1n) is 10.8. The lowest BCUT2D eigenvalue weighted by Crippen LogP contribution is -2.13. The van der Waals surface area contributed by atoms with E-state index in [4.69, 9.17) is 14.2 Å². The maximum absolute atomic E-state index is 12.4. The number of nitriles is 1. The number of amides is 1. The summed E-state index contributed by atoms with van der Waals surface area (Å²) in [4.78, 5) is 12.4. The molecule has 0 radical (unpaired) electrons. The second kappa shape index (κ2) is 12.7. The fourth-order valence-electron chi connectivity index (χ4n) is 2.76. The lowest BCUT2D eigenvalue weighted by molar-refractivity contribution is -0.112. The largest absolute Gasteiger partial charge is 0.497 e. The molecule has 0 saturated heterocycles. The third-order valence-corrected chi connectivity index (χ3v) is 7.73. The summed E-state index contributed by atoms with van der Waals surface area (Å²) in [5.74, 6) is 1.31. The van der Waals surface area contributed by atoms with Crippen LogP contribution >= 0.6 is 11.3 Å². The van der Waals surface area contributed by atoms with Crippen molar-refractivity contribution in [2.75, 3.05) is 31.4 Å². The van der Waals surface area contributed by atoms with Gasteiger partial charge in [0.25, 0.3) is 5.91 Å². The Bertz CT molecular complexity index is 1340. The van der Waals surface area contributed by atoms with E-state index in [1.807, 2.05) is 30.3 Å². The maximum atomic E-state index is 12.4. The minimum atomic E-state index is -3.53. The Morgan fingerprint density at radius 1 is 1.03 bits per heavy atom. The van der Waals surface area contributed by atoms with Gasteiger partial charge in [0.15, 0.2) is 0 Å². The Morgan fingerprint density at radius 2 is 1.61 bits per heavy atom. The average Bonchev–Trinajstić information content (AvgIpc) is 3.37. The Labute approximate surface area is 213 Å². The van der Waals surface area contributed by atoms with Gasteiger partial charge in [-0.3, -0.25) is 10.1 Å². The van der Waals surface area contributed by atoms with Gasteiger partial charge in [-0.25, -0.2) is 8.42 Å². The van der Waals surface area contributed by atoms with Crippen LogP contribution < -0.4 is 19.5 Å². The molecule has 1 aromatic heterocycles. The third-order valence-electron chi connectivity index (χ3n) is 4.71. The Kier molecular flexibility index (Phi) is 9.38. The van der Waals surface area contributed by atoms with Crippen LogP contribution in [0.1, 0.15) is 18.9 Å². The topological polar surface area (TPSA) is 140 Å². The Hall–Kier alpha value is -3.95. The number of sulfone groups is 1. The molecule has 2 aromatic carbocycles. The molecule has 0 aliphatic heterocycles. The first-order chi connectivity index (χ1) is 17.3. The van der Waals surface area contributed by atoms with E-state index in [-0.39, 0.29) is 20.8 Å². The highest BCUT2D eigenvalue weighted by molar-refractivity contribution is 7.93. The Balaban J connectivity index is 1.49. The summed E-state index contributed by atoms with van der Waals surface area (Å²) in [7, 11) is -1.92. The molecule has 0 fully saturated rings. The number of nitrogens with zero attached hydrogens (tertiary/aromatic N) is 3. The van der Waals surface area contributed by atoms with Crippen LogP contribution in [-0.4, -0.2) is 50.6 Å². The highest BCUT2D eigenvalue weighted by atomic mass is 32.2. The van der Waals surface area contributed by atoms with Gasteiger partial charge in [0.1, 0.15) is 28.9 Å². The predicted molar refractivity (Wildman–Crippen MR) is 135 cm³/mol. The van der Waals surface area contributed by atoms with Crippen molar-refractivity contribution in [3.63, 3.8) is 0 Å². The van der Waals surface area contributed by atoms with Gasteiger partial charge in [-0.1, -0.05) is 30.4 Å². The minimum absolute atomic E-state index is 0.00658. The van der Waals surface area contributed by atoms with Crippen LogP contribution in [0.5, 0.6) is 17.2 Å². The number of anilines is 1. The molecule has 188 valence electrons. The Morgan fingerprint density at radius 3 is 2.17 bits per heavy atom. The number of rotatable bonds is 12. The van der Waals surface area contributed by atoms with Crippen LogP contribution in [-0.2, 0) is 14.6 Å². The standard InChI is InChI=1S/C24H24N4O6S2/c1-3-36(30,31)24-28-27-23(35-24)26-22(29)18(16-25)15-17-5-7-20(8-6-17)33-13-4-14-34-21-11-9-19(32-2)10-12-21/h5-12,15H,3-4,13-14H2,1-2H3,(H,26,27,29). The zero-order valence-electron chi connectivity index (χ0n) is 19.6. The molecule has 1 N–H and O–H groups in total. The molecule has 0 aliphatic carbocycles. The fraction of sp³-hybridized carbons (Fsp3) is 0.250. The fourth-order valence-corrected chi connectivity index (χ4v) is 4.74. The predicted octanol–water partition coefficient (Wildman–Crippen LogP) is 3.73. The number of benzene rings is 2. The zero-order chi connectivity index (χ0) is 26.0. The van der Waals surface area contributed by atoms with E-state index in [0.29, 0.717) is 30.9 Å². The lowest BCUT2D eigenvalue weighted by atomic mass is 10.1. The van der Waals surface area contributed by atoms with Gasteiger partial charge in [-0.15, -0.1) is 10.2 Å². The summed E-state index contributed by atoms with van der Waals surface area (Å²) < 4.78 is 40.0. The molecule has 0 atom stereocenters. The number of hydrogen-bond donors (Lipinski definition) is 1. The smallest absolute Gasteiger partial charge is 0.268 e. The average molecular weight is 529 g/mol. The SMILES string of the molecule is CCS(=O)(=O)c1nnc(NC(=O)C(C#N)=Cc2ccc(OCCCOc3ccc(OC)cc3)cc2)s1. The molecule has 0 bridgehead atoms.